The molecule has 2 N–H and O–H groups in total. The quantitative estimate of drug-likeness (QED) is 0.345. The van der Waals surface area contributed by atoms with Crippen molar-refractivity contribution in [1.82, 2.24) is 4.90 Å². The molecule has 0 aromatic carbocycles. The molecule has 0 aliphatic carbocycles. The third-order valence-electron chi connectivity index (χ3n) is 1.51. The predicted molar refractivity (Wildman–Crippen MR) is 35.8 cm³/mol. The molecule has 1 atom stereocenters. The van der Waals surface area contributed by atoms with Crippen LogP contribution in [0.4, 0.5) is 0 Å². The van der Waals surface area contributed by atoms with Crippen LogP contribution in [0.25, 0.3) is 0 Å². The Morgan fingerprint density at radius 1 is 1.60 bits per heavy atom. The van der Waals surface area contributed by atoms with Gasteiger partial charge < -0.3 is 10.8 Å². The topological polar surface area (TPSA) is 52.3 Å². The van der Waals surface area contributed by atoms with Gasteiger partial charge >= 0.3 is 51.4 Å². The van der Waals surface area contributed by atoms with Crippen LogP contribution >= 0.6 is 0 Å². The summed E-state index contributed by atoms with van der Waals surface area (Å²) in [7, 11) is 0. The van der Waals surface area contributed by atoms with E-state index in [0.717, 1.165) is 6.54 Å². The molecule has 0 aromatic heterocycles. The fourth-order valence-corrected chi connectivity index (χ4v) is 0.726. The second-order valence-electron chi connectivity index (χ2n) is 2.10. The minimum Gasteiger partial charge on any atom is -0.853 e. The first-order valence-corrected chi connectivity index (χ1v) is 3.28. The fourth-order valence-electron chi connectivity index (χ4n) is 0.726. The SMILES string of the molecule is CCN(CN)C(C)C[O-].[K+]. The van der Waals surface area contributed by atoms with Gasteiger partial charge in [0.05, 0.1) is 0 Å². The van der Waals surface area contributed by atoms with Crippen molar-refractivity contribution in [3.8, 4) is 0 Å². The number of hydrogen-bond donors (Lipinski definition) is 1. The van der Waals surface area contributed by atoms with Crippen LogP contribution in [-0.2, 0) is 0 Å². The van der Waals surface area contributed by atoms with Gasteiger partial charge in [-0.3, -0.25) is 4.90 Å². The van der Waals surface area contributed by atoms with Gasteiger partial charge in [-0.15, -0.1) is 6.61 Å². The maximum absolute atomic E-state index is 10.3. The summed E-state index contributed by atoms with van der Waals surface area (Å²) in [5.74, 6) is 0. The molecule has 0 rings (SSSR count). The van der Waals surface area contributed by atoms with E-state index in [2.05, 4.69) is 0 Å². The van der Waals surface area contributed by atoms with E-state index in [0.29, 0.717) is 6.67 Å². The Morgan fingerprint density at radius 3 is 2.20 bits per heavy atom. The summed E-state index contributed by atoms with van der Waals surface area (Å²) < 4.78 is 0. The number of hydrogen-bond acceptors (Lipinski definition) is 3. The fraction of sp³-hybridized carbons (Fsp3) is 1.00. The van der Waals surface area contributed by atoms with Gasteiger partial charge in [-0.2, -0.15) is 0 Å². The van der Waals surface area contributed by atoms with Crippen LogP contribution in [-0.4, -0.2) is 30.8 Å². The first-order valence-electron chi connectivity index (χ1n) is 3.28. The van der Waals surface area contributed by atoms with Crippen LogP contribution in [0.5, 0.6) is 0 Å². The van der Waals surface area contributed by atoms with Crippen LogP contribution in [0.1, 0.15) is 13.8 Å². The molecule has 0 fully saturated rings. The van der Waals surface area contributed by atoms with Gasteiger partial charge in [-0.05, 0) is 12.6 Å². The third kappa shape index (κ3) is 5.20. The van der Waals surface area contributed by atoms with E-state index in [1.165, 1.54) is 0 Å². The molecular formula is C6H15KN2O. The van der Waals surface area contributed by atoms with E-state index in [9.17, 15) is 5.11 Å². The molecule has 4 heteroatoms. The molecule has 0 heterocycles. The molecule has 0 aromatic rings. The summed E-state index contributed by atoms with van der Waals surface area (Å²) in [4.78, 5) is 1.94. The van der Waals surface area contributed by atoms with Crippen LogP contribution < -0.4 is 62.2 Å². The molecule has 0 bridgehead atoms. The van der Waals surface area contributed by atoms with E-state index in [4.69, 9.17) is 5.73 Å². The van der Waals surface area contributed by atoms with Crippen molar-refractivity contribution in [2.24, 2.45) is 5.73 Å². The second-order valence-corrected chi connectivity index (χ2v) is 2.10. The Morgan fingerprint density at radius 2 is 2.10 bits per heavy atom. The Bertz CT molecular complexity index is 68.8. The van der Waals surface area contributed by atoms with Gasteiger partial charge in [0, 0.05) is 6.67 Å². The van der Waals surface area contributed by atoms with Gasteiger partial charge in [-0.25, -0.2) is 0 Å². The van der Waals surface area contributed by atoms with Crippen LogP contribution in [0.15, 0.2) is 0 Å². The summed E-state index contributed by atoms with van der Waals surface area (Å²) in [6, 6.07) is 0.0833. The molecule has 0 aliphatic heterocycles. The maximum atomic E-state index is 10.3. The summed E-state index contributed by atoms with van der Waals surface area (Å²) >= 11 is 0. The van der Waals surface area contributed by atoms with E-state index in [1.807, 2.05) is 18.7 Å². The summed E-state index contributed by atoms with van der Waals surface area (Å²) in [5, 5.41) is 10.3. The molecule has 0 saturated heterocycles. The number of nitrogens with zero attached hydrogens (tertiary/aromatic N) is 1. The Hall–Kier alpha value is 1.52. The number of rotatable bonds is 4. The molecule has 0 spiro atoms. The normalized spacial score (nSPS) is 12.9. The minimum atomic E-state index is -0.0644. The average molecular weight is 170 g/mol. The van der Waals surface area contributed by atoms with Crippen LogP contribution in [0.2, 0.25) is 0 Å². The van der Waals surface area contributed by atoms with Gasteiger partial charge in [0.25, 0.3) is 0 Å². The summed E-state index contributed by atoms with van der Waals surface area (Å²) in [6.45, 7) is 5.17. The second kappa shape index (κ2) is 8.61. The van der Waals surface area contributed by atoms with E-state index < -0.39 is 0 Å². The molecule has 10 heavy (non-hydrogen) atoms. The van der Waals surface area contributed by atoms with Crippen LogP contribution in [0, 0.1) is 0 Å². The van der Waals surface area contributed by atoms with Gasteiger partial charge in [-0.1, -0.05) is 13.8 Å². The molecule has 0 aliphatic rings. The van der Waals surface area contributed by atoms with Crippen molar-refractivity contribution in [1.29, 1.82) is 0 Å². The minimum absolute atomic E-state index is 0. The molecule has 56 valence electrons. The summed E-state index contributed by atoms with van der Waals surface area (Å²) in [6.07, 6.45) is 0. The van der Waals surface area contributed by atoms with Crippen molar-refractivity contribution >= 4 is 0 Å². The average Bonchev–Trinajstić information content (AvgIpc) is 1.90. The molecular weight excluding hydrogens is 155 g/mol. The zero-order valence-corrected chi connectivity index (χ0v) is 10.3. The third-order valence-corrected chi connectivity index (χ3v) is 1.51. The molecule has 0 radical (unpaired) electrons. The van der Waals surface area contributed by atoms with Gasteiger partial charge in [0.15, 0.2) is 0 Å². The van der Waals surface area contributed by atoms with E-state index >= 15 is 0 Å². The van der Waals surface area contributed by atoms with E-state index in [-0.39, 0.29) is 64.0 Å². The monoisotopic (exact) mass is 170 g/mol. The smallest absolute Gasteiger partial charge is 0.853 e. The Balaban J connectivity index is 0. The Kier molecular flexibility index (Phi) is 12.1. The molecule has 0 saturated carbocycles. The van der Waals surface area contributed by atoms with Gasteiger partial charge in [0.2, 0.25) is 0 Å². The van der Waals surface area contributed by atoms with Crippen molar-refractivity contribution in [3.63, 3.8) is 0 Å². The largest absolute Gasteiger partial charge is 1.00 e. The number of nitrogens with two attached hydrogens (primary N) is 1. The first kappa shape index (κ1) is 14.1. The zero-order valence-electron chi connectivity index (χ0n) is 7.13. The van der Waals surface area contributed by atoms with Crippen molar-refractivity contribution in [2.75, 3.05) is 19.8 Å². The van der Waals surface area contributed by atoms with Crippen molar-refractivity contribution in [2.45, 2.75) is 19.9 Å². The zero-order chi connectivity index (χ0) is 7.28. The van der Waals surface area contributed by atoms with Crippen LogP contribution in [0.3, 0.4) is 0 Å². The maximum Gasteiger partial charge on any atom is 1.00 e. The van der Waals surface area contributed by atoms with Crippen molar-refractivity contribution < 1.29 is 56.5 Å². The number of likely N-dealkylation sites (N-methyl/N-ethyl adjacent to an activating group) is 1. The standard InChI is InChI=1S/C6H15N2O.K/c1-3-8(5-7)6(2)4-9;/h6H,3-5,7H2,1-2H3;/q-1;+1. The first-order chi connectivity index (χ1) is 4.26. The molecule has 1 unspecified atom stereocenters. The molecule has 3 nitrogen and oxygen atoms in total. The predicted octanol–water partition coefficient (Wildman–Crippen LogP) is -4.02. The van der Waals surface area contributed by atoms with Crippen molar-refractivity contribution in [3.05, 3.63) is 0 Å². The van der Waals surface area contributed by atoms with E-state index in [1.54, 1.807) is 0 Å². The summed E-state index contributed by atoms with van der Waals surface area (Å²) in [5.41, 5.74) is 5.35. The Labute approximate surface area is 105 Å². The van der Waals surface area contributed by atoms with Gasteiger partial charge in [0.1, 0.15) is 0 Å². The molecule has 0 amide bonds.